The summed E-state index contributed by atoms with van der Waals surface area (Å²) in [6.45, 7) is 28.9. The molecule has 0 spiro atoms. The molecule has 0 bridgehead atoms. The molecule has 27 nitrogen and oxygen atoms in total. The lowest BCUT2D eigenvalue weighted by atomic mass is 9.85. The van der Waals surface area contributed by atoms with E-state index in [1.807, 2.05) is 83.3 Å². The van der Waals surface area contributed by atoms with Crippen LogP contribution in [-0.4, -0.2) is 185 Å². The summed E-state index contributed by atoms with van der Waals surface area (Å²) < 4.78 is 0.560. The summed E-state index contributed by atoms with van der Waals surface area (Å²) in [5.41, 5.74) is 44.9. The van der Waals surface area contributed by atoms with E-state index in [4.69, 9.17) is 22.9 Å². The van der Waals surface area contributed by atoms with Crippen molar-refractivity contribution in [1.29, 1.82) is 0 Å². The third-order valence-corrected chi connectivity index (χ3v) is 25.0. The highest BCUT2D eigenvalue weighted by molar-refractivity contribution is 9.10. The Labute approximate surface area is 707 Å². The minimum atomic E-state index is -0.590. The predicted octanol–water partition coefficient (Wildman–Crippen LogP) is 15.6. The van der Waals surface area contributed by atoms with Crippen LogP contribution in [0.4, 0.5) is 39.8 Å². The topological polar surface area (TPSA) is 384 Å². The lowest BCUT2D eigenvalue weighted by molar-refractivity contribution is -0.385. The summed E-state index contributed by atoms with van der Waals surface area (Å²) in [6, 6.07) is 29.5. The van der Waals surface area contributed by atoms with Gasteiger partial charge in [0.25, 0.3) is 17.1 Å². The lowest BCUT2D eigenvalue weighted by Crippen LogP contribution is -2.33. The summed E-state index contributed by atoms with van der Waals surface area (Å²) in [7, 11) is 12.7. The van der Waals surface area contributed by atoms with Crippen LogP contribution in [0.3, 0.4) is 0 Å². The summed E-state index contributed by atoms with van der Waals surface area (Å²) in [6.07, 6.45) is 14.8. The number of nitrogen functional groups attached to an aromatic ring is 4. The Morgan fingerprint density at radius 2 is 0.773 bits per heavy atom. The average molecular weight is 1700 g/mol. The number of hydrogen-bond donors (Lipinski definition) is 8. The maximum absolute atomic E-state index is 11.7. The number of likely N-dealkylation sites (tertiary alicyclic amines) is 5. The van der Waals surface area contributed by atoms with Gasteiger partial charge in [0.15, 0.2) is 0 Å². The number of nitrogens with zero attached hydrogens (tertiary/aromatic N) is 9. The Bertz CT molecular complexity index is 5330. The third-order valence-electron chi connectivity index (χ3n) is 24.0. The van der Waals surface area contributed by atoms with Gasteiger partial charge in [-0.1, -0.05) is 68.1 Å². The fourth-order valence-electron chi connectivity index (χ4n) is 18.0. The molecule has 2 aromatic heterocycles. The van der Waals surface area contributed by atoms with Crippen molar-refractivity contribution in [3.63, 3.8) is 0 Å². The molecule has 0 radical (unpaired) electrons. The van der Waals surface area contributed by atoms with Crippen LogP contribution < -0.4 is 45.2 Å². The minimum absolute atomic E-state index is 0. The molecule has 0 aliphatic carbocycles. The van der Waals surface area contributed by atoms with E-state index >= 15 is 0 Å². The molecule has 6 aliphatic heterocycles. The van der Waals surface area contributed by atoms with Crippen molar-refractivity contribution in [1.82, 2.24) is 49.3 Å². The van der Waals surface area contributed by atoms with Gasteiger partial charge in [0.05, 0.1) is 58.2 Å². The molecule has 5 unspecified atom stereocenters. The van der Waals surface area contributed by atoms with Crippen molar-refractivity contribution in [3.8, 4) is 0 Å². The van der Waals surface area contributed by atoms with Crippen LogP contribution in [0.25, 0.3) is 27.6 Å². The number of aryl methyl sites for hydroxylation is 7. The van der Waals surface area contributed by atoms with E-state index in [-0.39, 0.29) is 29.4 Å². The van der Waals surface area contributed by atoms with Gasteiger partial charge < -0.3 is 72.3 Å². The Morgan fingerprint density at radius 3 is 1.24 bits per heavy atom. The Kier molecular flexibility index (Phi) is 34.2. The van der Waals surface area contributed by atoms with E-state index in [1.165, 1.54) is 95.4 Å². The molecule has 5 saturated heterocycles. The number of nitrogens with two attached hydrogens (primary N) is 4. The van der Waals surface area contributed by atoms with Crippen molar-refractivity contribution in [2.75, 3.05) is 144 Å². The van der Waals surface area contributed by atoms with Crippen LogP contribution in [-0.2, 0) is 0 Å². The second-order valence-corrected chi connectivity index (χ2v) is 34.0. The molecule has 642 valence electrons. The molecule has 12 N–H and O–H groups in total. The number of likely N-dealkylation sites (N-methyl/N-ethyl adjacent to an activating group) is 6. The Hall–Kier alpha value is -10.2. The zero-order valence-electron chi connectivity index (χ0n) is 71.3. The van der Waals surface area contributed by atoms with Gasteiger partial charge in [-0.25, -0.2) is 0 Å². The third kappa shape index (κ3) is 24.3. The second-order valence-electron chi connectivity index (χ2n) is 33.2. The lowest BCUT2D eigenvalue weighted by Gasteiger charge is -2.31. The first-order valence-electron chi connectivity index (χ1n) is 41.0. The first-order chi connectivity index (χ1) is 56.0. The highest BCUT2D eigenvalue weighted by Gasteiger charge is 2.31. The van der Waals surface area contributed by atoms with E-state index in [2.05, 4.69) is 146 Å². The number of nitro groups is 3. The number of nitrogens with one attached hydrogen (secondary N) is 4. The molecule has 9 aromatic rings. The molecule has 5 atom stereocenters. The monoisotopic (exact) mass is 1700 g/mol. The van der Waals surface area contributed by atoms with Gasteiger partial charge >= 0.3 is 22.2 Å². The molecule has 0 saturated carbocycles. The number of halogens is 1. The molecule has 28 heteroatoms. The van der Waals surface area contributed by atoms with E-state index in [9.17, 15) is 49.5 Å². The molecular formula is C91H126BrN17O10. The summed E-state index contributed by atoms with van der Waals surface area (Å²) in [5.74, 6) is 2.28. The molecule has 6 aliphatic rings. The number of hydrogen-bond acceptors (Lipinski definition) is 20. The normalized spacial score (nSPS) is 19.3. The van der Waals surface area contributed by atoms with Crippen LogP contribution >= 0.6 is 15.9 Å². The molecule has 15 rings (SSSR count). The van der Waals surface area contributed by atoms with Crippen molar-refractivity contribution in [3.05, 3.63) is 257 Å². The Morgan fingerprint density at radius 1 is 0.387 bits per heavy atom. The number of anilines is 4. The quantitative estimate of drug-likeness (QED) is 0.0288. The van der Waals surface area contributed by atoms with E-state index in [0.29, 0.717) is 51.0 Å². The highest BCUT2D eigenvalue weighted by Crippen LogP contribution is 2.41. The highest BCUT2D eigenvalue weighted by atomic mass is 79.9. The second kappa shape index (κ2) is 43.2. The van der Waals surface area contributed by atoms with Gasteiger partial charge in [-0.2, -0.15) is 0 Å². The number of rotatable bonds is 9. The van der Waals surface area contributed by atoms with E-state index in [0.717, 1.165) is 177 Å². The van der Waals surface area contributed by atoms with Crippen LogP contribution in [0, 0.1) is 85.7 Å². The minimum Gasteiger partial charge on any atom is -0.398 e. The summed E-state index contributed by atoms with van der Waals surface area (Å²) in [4.78, 5) is 102. The average Bonchev–Trinajstić information content (AvgIpc) is 0.771. The largest absolute Gasteiger partial charge is 0.398 e. The van der Waals surface area contributed by atoms with Gasteiger partial charge in [-0.05, 0) is 349 Å². The van der Waals surface area contributed by atoms with Crippen LogP contribution in [0.1, 0.15) is 186 Å². The zero-order valence-corrected chi connectivity index (χ0v) is 72.8. The van der Waals surface area contributed by atoms with Crippen LogP contribution in [0.5, 0.6) is 0 Å². The van der Waals surface area contributed by atoms with E-state index < -0.39 is 32.1 Å². The molecule has 7 aromatic carbocycles. The van der Waals surface area contributed by atoms with Gasteiger partial charge in [0, 0.05) is 69.7 Å². The SMILES string of the molecule is C.Cc1cc2[nH]c(=O)c(=O)[nH]c2c(C2CCCN(C)C2)c1C.Cc1ccc(N)c(N)c1C1CCCN(C)C1.Cc1ccc([N+](=O)[O-])c(N)c1C1CCCN(C)C1.Cc1ccc2[nH]c(=O)c(=O)[nH]c2c1C1CCCN(C)C1.Cc1cccc(N)c1C1CCCN(C)C1.Cc1cccc([N+](=O)[O-])c1Br.Cc1cccc([N+](=O)[O-])c1C1=CCCN(C)C1. The van der Waals surface area contributed by atoms with Gasteiger partial charge in [-0.3, -0.25) is 49.5 Å². The summed E-state index contributed by atoms with van der Waals surface area (Å²) in [5, 5.41) is 32.4. The zero-order chi connectivity index (χ0) is 86.1. The first kappa shape index (κ1) is 94.3. The number of H-pyrrole nitrogens is 4. The molecule has 119 heavy (non-hydrogen) atoms. The Balaban J connectivity index is 0.000000174. The van der Waals surface area contributed by atoms with Crippen molar-refractivity contribution < 1.29 is 14.8 Å². The molecular weight excluding hydrogens is 1570 g/mol. The number of nitro benzene ring substituents is 3. The molecule has 8 heterocycles. The van der Waals surface area contributed by atoms with Gasteiger partial charge in [-0.15, -0.1) is 0 Å². The van der Waals surface area contributed by atoms with Crippen LogP contribution in [0.2, 0.25) is 0 Å². The molecule has 0 amide bonds. The van der Waals surface area contributed by atoms with Crippen molar-refractivity contribution >= 4 is 83.4 Å². The number of aromatic amines is 4. The number of fused-ring (bicyclic) bond motifs is 2. The number of piperidine rings is 5. The fourth-order valence-corrected chi connectivity index (χ4v) is 18.4. The van der Waals surface area contributed by atoms with E-state index in [1.54, 1.807) is 24.3 Å². The fraction of sp³-hybridized carbons (Fsp3) is 0.473. The standard InChI is InChI=1S/C16H21N3O2.C15H19N3O2.C13H19N3O2.C13H21N3.C13H16N2O2.C13H20N2.C7H6BrNO2.CH4/c1-9-7-12-14(18-16(21)15(20)17-12)13(10(9)2)11-5-4-6-19(3)8-11;1-9-5-6-11-13(17-15(20)14(19)16-11)12(9)10-4-3-7-18(2)8-10;1-9-5-6-11(16(17)18)13(14)12(9)10-4-3-7-15(2)8-10;1-9-5-6-11(14)13(15)12(9)10-4-3-7-16(2)8-10;1-10-5-3-7-12(15(16)17)13(10)11-6-4-8-14(2)9-11;1-10-5-3-7-12(14)13(10)11-6-4-8-15(2)9-11;1-5-3-2-4-6(7(5)8)9(10)11;/h7,11H,4-6,8H2,1-3H3,(H,17,20)(H,18,21);5-6,10H,3-4,7-8H2,1-2H3,(H,16,19)(H,17,20);5-6,10H,3-4,7-8,14H2,1-2H3;5-6,10H,3-4,7-8,14-15H2,1-2H3;3,5-7H,4,8-9H2,1-2H3;3,5,7,11H,4,6,8-9,14H2,1-2H3;2-4H,1H3;1H4. The van der Waals surface area contributed by atoms with Crippen molar-refractivity contribution in [2.24, 2.45) is 0 Å². The maximum atomic E-state index is 11.7. The van der Waals surface area contributed by atoms with Crippen molar-refractivity contribution in [2.45, 2.75) is 163 Å². The molecule has 5 fully saturated rings. The summed E-state index contributed by atoms with van der Waals surface area (Å²) >= 11 is 3.14. The maximum Gasteiger partial charge on any atom is 0.314 e. The number of aromatic nitrogens is 4. The van der Waals surface area contributed by atoms with Gasteiger partial charge in [0.2, 0.25) is 0 Å². The smallest absolute Gasteiger partial charge is 0.314 e. The van der Waals surface area contributed by atoms with Gasteiger partial charge in [0.1, 0.15) is 5.69 Å². The first-order valence-corrected chi connectivity index (χ1v) is 41.8. The number of benzene rings is 7. The predicted molar refractivity (Wildman–Crippen MR) is 490 cm³/mol. The van der Waals surface area contributed by atoms with Crippen LogP contribution in [0.15, 0.2) is 127 Å².